The maximum absolute atomic E-state index is 12.4. The number of esters is 1. The molecule has 0 saturated carbocycles. The summed E-state index contributed by atoms with van der Waals surface area (Å²) in [5.74, 6) is -0.462. The third-order valence-corrected chi connectivity index (χ3v) is 3.82. The molecule has 3 heterocycles. The SMILES string of the molecule is Cn1cc(COC(=O)c2cnn3c(-c4ccccc4)ccnc23)cn1. The predicted molar refractivity (Wildman–Crippen MR) is 90.8 cm³/mol. The fraction of sp³-hybridized carbons (Fsp3) is 0.111. The van der Waals surface area contributed by atoms with Crippen molar-refractivity contribution in [2.45, 2.75) is 6.61 Å². The van der Waals surface area contributed by atoms with Crippen molar-refractivity contribution in [2.75, 3.05) is 0 Å². The van der Waals surface area contributed by atoms with Crippen LogP contribution in [-0.2, 0) is 18.4 Å². The Kier molecular flexibility index (Phi) is 3.74. The van der Waals surface area contributed by atoms with Crippen LogP contribution in [0.1, 0.15) is 15.9 Å². The van der Waals surface area contributed by atoms with Gasteiger partial charge >= 0.3 is 5.97 Å². The number of benzene rings is 1. The smallest absolute Gasteiger partial charge is 0.343 e. The van der Waals surface area contributed by atoms with E-state index in [-0.39, 0.29) is 6.61 Å². The van der Waals surface area contributed by atoms with E-state index in [1.165, 1.54) is 6.20 Å². The first-order valence-electron chi connectivity index (χ1n) is 7.75. The summed E-state index contributed by atoms with van der Waals surface area (Å²) in [5.41, 5.74) is 3.48. The number of hydrogen-bond acceptors (Lipinski definition) is 5. The molecule has 0 radical (unpaired) electrons. The number of rotatable bonds is 4. The molecule has 0 unspecified atom stereocenters. The van der Waals surface area contributed by atoms with Gasteiger partial charge in [-0.3, -0.25) is 4.68 Å². The number of aromatic nitrogens is 5. The molecule has 0 atom stereocenters. The lowest BCUT2D eigenvalue weighted by molar-refractivity contribution is 0.0474. The zero-order valence-electron chi connectivity index (χ0n) is 13.5. The number of ether oxygens (including phenoxy) is 1. The molecule has 0 saturated heterocycles. The van der Waals surface area contributed by atoms with Crippen molar-refractivity contribution in [1.82, 2.24) is 24.4 Å². The summed E-state index contributed by atoms with van der Waals surface area (Å²) in [6, 6.07) is 11.7. The second kappa shape index (κ2) is 6.20. The van der Waals surface area contributed by atoms with E-state index >= 15 is 0 Å². The Morgan fingerprint density at radius 2 is 1.96 bits per heavy atom. The fourth-order valence-corrected chi connectivity index (χ4v) is 2.64. The van der Waals surface area contributed by atoms with Crippen LogP contribution in [0.5, 0.6) is 0 Å². The summed E-state index contributed by atoms with van der Waals surface area (Å²) in [4.78, 5) is 16.7. The Morgan fingerprint density at radius 1 is 1.12 bits per heavy atom. The Morgan fingerprint density at radius 3 is 2.72 bits per heavy atom. The van der Waals surface area contributed by atoms with Gasteiger partial charge in [0.2, 0.25) is 0 Å². The largest absolute Gasteiger partial charge is 0.457 e. The Labute approximate surface area is 143 Å². The van der Waals surface area contributed by atoms with Crippen molar-refractivity contribution in [3.63, 3.8) is 0 Å². The number of nitrogens with zero attached hydrogens (tertiary/aromatic N) is 5. The van der Waals surface area contributed by atoms with Crippen LogP contribution in [0.2, 0.25) is 0 Å². The quantitative estimate of drug-likeness (QED) is 0.536. The van der Waals surface area contributed by atoms with Crippen molar-refractivity contribution >= 4 is 11.6 Å². The number of fused-ring (bicyclic) bond motifs is 1. The molecule has 0 fully saturated rings. The molecular weight excluding hydrogens is 318 g/mol. The van der Waals surface area contributed by atoms with Crippen molar-refractivity contribution in [3.8, 4) is 11.3 Å². The molecule has 1 aromatic carbocycles. The topological polar surface area (TPSA) is 74.3 Å². The van der Waals surface area contributed by atoms with Gasteiger partial charge in [0.05, 0.1) is 18.1 Å². The van der Waals surface area contributed by atoms with E-state index in [0.717, 1.165) is 16.8 Å². The molecule has 0 N–H and O–H groups in total. The highest BCUT2D eigenvalue weighted by atomic mass is 16.5. The van der Waals surface area contributed by atoms with Gasteiger partial charge in [0, 0.05) is 30.6 Å². The van der Waals surface area contributed by atoms with Gasteiger partial charge < -0.3 is 4.74 Å². The minimum atomic E-state index is -0.462. The van der Waals surface area contributed by atoms with E-state index in [4.69, 9.17) is 4.74 Å². The molecule has 0 aliphatic rings. The highest BCUT2D eigenvalue weighted by Gasteiger charge is 2.17. The maximum Gasteiger partial charge on any atom is 0.343 e. The van der Waals surface area contributed by atoms with E-state index in [1.54, 1.807) is 27.8 Å². The van der Waals surface area contributed by atoms with Crippen LogP contribution in [0.15, 0.2) is 61.2 Å². The van der Waals surface area contributed by atoms with Crippen LogP contribution in [-0.4, -0.2) is 30.3 Å². The maximum atomic E-state index is 12.4. The van der Waals surface area contributed by atoms with Crippen LogP contribution in [0.25, 0.3) is 16.9 Å². The second-order valence-corrected chi connectivity index (χ2v) is 5.59. The lowest BCUT2D eigenvalue weighted by atomic mass is 10.1. The van der Waals surface area contributed by atoms with E-state index in [2.05, 4.69) is 15.2 Å². The lowest BCUT2D eigenvalue weighted by Gasteiger charge is -2.05. The summed E-state index contributed by atoms with van der Waals surface area (Å²) in [5, 5.41) is 8.36. The first-order chi connectivity index (χ1) is 12.2. The lowest BCUT2D eigenvalue weighted by Crippen LogP contribution is -2.05. The van der Waals surface area contributed by atoms with Gasteiger partial charge in [0.1, 0.15) is 12.2 Å². The number of aryl methyl sites for hydroxylation is 1. The van der Waals surface area contributed by atoms with Gasteiger partial charge in [-0.2, -0.15) is 10.2 Å². The van der Waals surface area contributed by atoms with Crippen molar-refractivity contribution < 1.29 is 9.53 Å². The molecule has 0 aliphatic carbocycles. The Balaban J connectivity index is 1.63. The first-order valence-corrected chi connectivity index (χ1v) is 7.75. The van der Waals surface area contributed by atoms with Crippen LogP contribution < -0.4 is 0 Å². The van der Waals surface area contributed by atoms with Crippen molar-refractivity contribution in [2.24, 2.45) is 7.05 Å². The van der Waals surface area contributed by atoms with Crippen LogP contribution >= 0.6 is 0 Å². The van der Waals surface area contributed by atoms with E-state index in [9.17, 15) is 4.79 Å². The van der Waals surface area contributed by atoms with Gasteiger partial charge in [0.15, 0.2) is 5.65 Å². The van der Waals surface area contributed by atoms with Crippen molar-refractivity contribution in [1.29, 1.82) is 0 Å². The number of hydrogen-bond donors (Lipinski definition) is 0. The summed E-state index contributed by atoms with van der Waals surface area (Å²) in [7, 11) is 1.81. The normalized spacial score (nSPS) is 10.9. The standard InChI is InChI=1S/C18H15N5O2/c1-22-11-13(9-20-22)12-25-18(24)15-10-21-23-16(7-8-19-17(15)23)14-5-3-2-4-6-14/h2-11H,12H2,1H3. The molecule has 0 bridgehead atoms. The summed E-state index contributed by atoms with van der Waals surface area (Å²) in [6.07, 6.45) is 6.61. The zero-order valence-corrected chi connectivity index (χ0v) is 13.5. The van der Waals surface area contributed by atoms with E-state index in [0.29, 0.717) is 11.2 Å². The minimum absolute atomic E-state index is 0.155. The van der Waals surface area contributed by atoms with Gasteiger partial charge in [-0.1, -0.05) is 30.3 Å². The van der Waals surface area contributed by atoms with Gasteiger partial charge in [-0.25, -0.2) is 14.3 Å². The Hall–Kier alpha value is -3.48. The highest BCUT2D eigenvalue weighted by Crippen LogP contribution is 2.21. The Bertz CT molecular complexity index is 1040. The minimum Gasteiger partial charge on any atom is -0.457 e. The third kappa shape index (κ3) is 2.87. The molecule has 0 amide bonds. The molecule has 7 nitrogen and oxygen atoms in total. The highest BCUT2D eigenvalue weighted by molar-refractivity contribution is 5.95. The molecule has 4 aromatic rings. The fourth-order valence-electron chi connectivity index (χ4n) is 2.64. The van der Waals surface area contributed by atoms with Gasteiger partial charge in [-0.15, -0.1) is 0 Å². The van der Waals surface area contributed by atoms with E-state index < -0.39 is 5.97 Å². The molecule has 0 spiro atoms. The first kappa shape index (κ1) is 15.1. The molecule has 3 aromatic heterocycles. The molecule has 4 rings (SSSR count). The summed E-state index contributed by atoms with van der Waals surface area (Å²) >= 11 is 0. The van der Waals surface area contributed by atoms with Crippen LogP contribution in [0.4, 0.5) is 0 Å². The summed E-state index contributed by atoms with van der Waals surface area (Å²) < 4.78 is 8.66. The molecule has 7 heteroatoms. The third-order valence-electron chi connectivity index (χ3n) is 3.82. The summed E-state index contributed by atoms with van der Waals surface area (Å²) in [6.45, 7) is 0.155. The molecule has 124 valence electrons. The van der Waals surface area contributed by atoms with Crippen molar-refractivity contribution in [3.05, 3.63) is 72.3 Å². The van der Waals surface area contributed by atoms with Crippen LogP contribution in [0, 0.1) is 0 Å². The van der Waals surface area contributed by atoms with E-state index in [1.807, 2.05) is 43.4 Å². The molecule has 25 heavy (non-hydrogen) atoms. The van der Waals surface area contributed by atoms with Gasteiger partial charge in [-0.05, 0) is 6.07 Å². The zero-order chi connectivity index (χ0) is 17.2. The number of carbonyl (C=O) groups excluding carboxylic acids is 1. The monoisotopic (exact) mass is 333 g/mol. The molecule has 0 aliphatic heterocycles. The van der Waals surface area contributed by atoms with Gasteiger partial charge in [0.25, 0.3) is 0 Å². The predicted octanol–water partition coefficient (Wildman–Crippen LogP) is 2.49. The molecular formula is C18H15N5O2. The average molecular weight is 333 g/mol. The number of carbonyl (C=O) groups is 1. The second-order valence-electron chi connectivity index (χ2n) is 5.59. The van der Waals surface area contributed by atoms with Crippen LogP contribution in [0.3, 0.4) is 0 Å². The average Bonchev–Trinajstić information content (AvgIpc) is 3.26.